The van der Waals surface area contributed by atoms with Crippen LogP contribution in [0.25, 0.3) is 0 Å². The van der Waals surface area contributed by atoms with Gasteiger partial charge in [0, 0.05) is 17.7 Å². The Morgan fingerprint density at radius 2 is 1.45 bits per heavy atom. The lowest BCUT2D eigenvalue weighted by Crippen LogP contribution is -2.54. The summed E-state index contributed by atoms with van der Waals surface area (Å²) in [7, 11) is -0.872. The average molecular weight is 749 g/mol. The first-order chi connectivity index (χ1) is 24.9. The fourth-order valence-corrected chi connectivity index (χ4v) is 6.93. The first-order valence-electron chi connectivity index (χ1n) is 18.1. The van der Waals surface area contributed by atoms with Crippen molar-refractivity contribution in [1.82, 2.24) is 14.9 Å². The molecule has 0 aliphatic carbocycles. The molecule has 288 valence electrons. The lowest BCUT2D eigenvalue weighted by atomic mass is 9.84. The number of rotatable bonds is 12. The van der Waals surface area contributed by atoms with E-state index >= 15 is 0 Å². The molecule has 3 atom stereocenters. The molecule has 2 N–H and O–H groups in total. The number of nitrogens with one attached hydrogen (secondary N) is 2. The number of carbonyl (C=O) groups is 3. The number of aryl methyl sites for hydroxylation is 1. The maximum absolute atomic E-state index is 14.2. The predicted molar refractivity (Wildman–Crippen MR) is 207 cm³/mol. The van der Waals surface area contributed by atoms with Crippen LogP contribution in [0.15, 0.2) is 83.7 Å². The highest BCUT2D eigenvalue weighted by Crippen LogP contribution is 2.37. The van der Waals surface area contributed by atoms with Crippen molar-refractivity contribution in [3.05, 3.63) is 106 Å². The van der Waals surface area contributed by atoms with Gasteiger partial charge in [0.1, 0.15) is 11.6 Å². The van der Waals surface area contributed by atoms with E-state index in [9.17, 15) is 19.2 Å². The minimum atomic E-state index is -2.10. The van der Waals surface area contributed by atoms with E-state index in [-0.39, 0.29) is 17.7 Å². The molecule has 4 rings (SSSR count). The summed E-state index contributed by atoms with van der Waals surface area (Å²) in [5, 5.41) is 2.71. The van der Waals surface area contributed by atoms with Crippen LogP contribution in [0.2, 0.25) is 18.1 Å². The number of ether oxygens (including phenoxy) is 3. The molecule has 1 aromatic heterocycles. The van der Waals surface area contributed by atoms with Crippen molar-refractivity contribution >= 4 is 26.4 Å². The van der Waals surface area contributed by atoms with Gasteiger partial charge >= 0.3 is 12.2 Å². The Hall–Kier alpha value is -4.46. The van der Waals surface area contributed by atoms with Gasteiger partial charge in [-0.3, -0.25) is 15.0 Å². The molecule has 3 amide bonds. The number of carbonyl (C=O) groups excluding carboxylic acids is 3. The summed E-state index contributed by atoms with van der Waals surface area (Å²) in [6, 6.07) is 22.3. The van der Waals surface area contributed by atoms with E-state index in [1.807, 2.05) is 81.4 Å². The Bertz CT molecular complexity index is 1700. The van der Waals surface area contributed by atoms with Crippen LogP contribution in [0.3, 0.4) is 0 Å². The van der Waals surface area contributed by atoms with Crippen LogP contribution in [0.1, 0.15) is 70.7 Å². The number of aromatic nitrogens is 1. The number of hydrogen-bond acceptors (Lipinski definition) is 8. The van der Waals surface area contributed by atoms with Crippen LogP contribution in [-0.4, -0.2) is 86.6 Å². The monoisotopic (exact) mass is 748 g/mol. The number of morpholine rings is 1. The number of benzene rings is 2. The number of nitrogens with zero attached hydrogens (tertiary/aromatic N) is 2. The maximum atomic E-state index is 14.2. The molecule has 12 nitrogen and oxygen atoms in total. The van der Waals surface area contributed by atoms with Crippen molar-refractivity contribution in [3.63, 3.8) is 0 Å². The topological polar surface area (TPSA) is 137 Å². The number of pyridine rings is 1. The Morgan fingerprint density at radius 3 is 2.00 bits per heavy atom. The summed E-state index contributed by atoms with van der Waals surface area (Å²) in [4.78, 5) is 55.1. The van der Waals surface area contributed by atoms with Crippen LogP contribution >= 0.6 is 0 Å². The molecule has 13 heteroatoms. The SMILES string of the molecule is COC(=O)N[C@H](C(=O)Nn1c(CC[C@@H]2CN(C(=O)OC(C)(C)C)C[C@@H](CO[Si](C)(C)C(C)(C)C)O2)cccc1=O)C(c1ccccc1)c1ccccc1. The average Bonchev–Trinajstić information content (AvgIpc) is 3.10. The number of amides is 3. The highest BCUT2D eigenvalue weighted by Gasteiger charge is 2.40. The van der Waals surface area contributed by atoms with E-state index in [2.05, 4.69) is 44.6 Å². The molecule has 1 saturated heterocycles. The number of alkyl carbamates (subject to hydrolysis) is 1. The predicted octanol–water partition coefficient (Wildman–Crippen LogP) is 6.43. The molecule has 2 aromatic carbocycles. The van der Waals surface area contributed by atoms with Crippen molar-refractivity contribution in [2.75, 3.05) is 32.2 Å². The van der Waals surface area contributed by atoms with Gasteiger partial charge in [-0.25, -0.2) is 14.3 Å². The highest BCUT2D eigenvalue weighted by atomic mass is 28.4. The minimum absolute atomic E-state index is 0.000908. The Labute approximate surface area is 314 Å². The molecule has 1 aliphatic rings. The third-order valence-electron chi connectivity index (χ3n) is 9.69. The van der Waals surface area contributed by atoms with Crippen LogP contribution in [0.5, 0.6) is 0 Å². The first kappa shape index (κ1) is 41.3. The van der Waals surface area contributed by atoms with Crippen LogP contribution in [-0.2, 0) is 29.9 Å². The molecule has 53 heavy (non-hydrogen) atoms. The molecule has 0 saturated carbocycles. The summed E-state index contributed by atoms with van der Waals surface area (Å²) in [5.41, 5.74) is 3.75. The summed E-state index contributed by atoms with van der Waals surface area (Å²) in [6.45, 7) is 17.3. The molecular formula is C40H56N4O8Si. The van der Waals surface area contributed by atoms with Crippen LogP contribution in [0, 0.1) is 0 Å². The van der Waals surface area contributed by atoms with Crippen molar-refractivity contribution in [2.45, 2.75) is 102 Å². The Balaban J connectivity index is 1.59. The molecule has 2 heterocycles. The van der Waals surface area contributed by atoms with E-state index in [1.54, 1.807) is 17.0 Å². The minimum Gasteiger partial charge on any atom is -0.453 e. The zero-order valence-electron chi connectivity index (χ0n) is 32.5. The second-order valence-corrected chi connectivity index (χ2v) is 20.8. The van der Waals surface area contributed by atoms with Gasteiger partial charge in [-0.05, 0) is 68.9 Å². The molecule has 1 fully saturated rings. The summed E-state index contributed by atoms with van der Waals surface area (Å²) in [5.74, 6) is -1.23. The van der Waals surface area contributed by atoms with E-state index in [4.69, 9.17) is 18.6 Å². The van der Waals surface area contributed by atoms with Gasteiger partial charge in [-0.2, -0.15) is 0 Å². The highest BCUT2D eigenvalue weighted by molar-refractivity contribution is 6.74. The molecule has 0 bridgehead atoms. The zero-order chi connectivity index (χ0) is 39.0. The standard InChI is InChI=1S/C40H56N4O8Si/c1-39(2,3)52-38(48)43-25-31(51-32(26-43)27-50-53(8,9)40(4,5)6)24-23-30-21-16-22-33(45)44(30)42-36(46)35(41-37(47)49-7)34(28-17-12-10-13-18-28)29-19-14-11-15-20-29/h10-22,31-32,34-35H,23-27H2,1-9H3,(H,41,47)(H,42,46)/t31-,32+,35+/m1/s1. The first-order valence-corrected chi connectivity index (χ1v) is 21.0. The summed E-state index contributed by atoms with van der Waals surface area (Å²) in [6.07, 6.45) is -1.25. The fourth-order valence-electron chi connectivity index (χ4n) is 5.90. The Morgan fingerprint density at radius 1 is 0.868 bits per heavy atom. The van der Waals surface area contributed by atoms with E-state index in [1.165, 1.54) is 17.9 Å². The molecule has 0 radical (unpaired) electrons. The summed E-state index contributed by atoms with van der Waals surface area (Å²) < 4.78 is 24.8. The van der Waals surface area contributed by atoms with Crippen LogP contribution < -0.4 is 16.3 Å². The number of hydrogen-bond donors (Lipinski definition) is 2. The Kier molecular flexibility index (Phi) is 13.7. The third-order valence-corrected chi connectivity index (χ3v) is 14.2. The van der Waals surface area contributed by atoms with Crippen molar-refractivity contribution in [3.8, 4) is 0 Å². The van der Waals surface area contributed by atoms with Gasteiger partial charge in [0.05, 0.1) is 39.0 Å². The van der Waals surface area contributed by atoms with Gasteiger partial charge in [0.15, 0.2) is 8.32 Å². The second kappa shape index (κ2) is 17.6. The van der Waals surface area contributed by atoms with E-state index in [0.29, 0.717) is 31.7 Å². The van der Waals surface area contributed by atoms with Crippen molar-refractivity contribution in [2.24, 2.45) is 0 Å². The smallest absolute Gasteiger partial charge is 0.410 e. The number of methoxy groups -OCH3 is 1. The van der Waals surface area contributed by atoms with Gasteiger partial charge in [0.25, 0.3) is 11.5 Å². The molecule has 0 spiro atoms. The fraction of sp³-hybridized carbons (Fsp3) is 0.500. The van der Waals surface area contributed by atoms with E-state index in [0.717, 1.165) is 11.1 Å². The quantitative estimate of drug-likeness (QED) is 0.202. The van der Waals surface area contributed by atoms with Gasteiger partial charge in [0.2, 0.25) is 0 Å². The van der Waals surface area contributed by atoms with Crippen LogP contribution in [0.4, 0.5) is 9.59 Å². The van der Waals surface area contributed by atoms with Gasteiger partial charge in [-0.1, -0.05) is 87.5 Å². The van der Waals surface area contributed by atoms with Gasteiger partial charge in [-0.15, -0.1) is 0 Å². The third kappa shape index (κ3) is 11.5. The molecule has 0 unspecified atom stereocenters. The lowest BCUT2D eigenvalue weighted by Gasteiger charge is -2.41. The van der Waals surface area contributed by atoms with E-state index < -0.39 is 55.6 Å². The van der Waals surface area contributed by atoms with Gasteiger partial charge < -0.3 is 28.9 Å². The zero-order valence-corrected chi connectivity index (χ0v) is 33.5. The summed E-state index contributed by atoms with van der Waals surface area (Å²) >= 11 is 0. The second-order valence-electron chi connectivity index (χ2n) is 16.0. The largest absolute Gasteiger partial charge is 0.453 e. The molecule has 3 aromatic rings. The normalized spacial score (nSPS) is 17.2. The lowest BCUT2D eigenvalue weighted by molar-refractivity contribution is -0.119. The van der Waals surface area contributed by atoms with Crippen molar-refractivity contribution in [1.29, 1.82) is 0 Å². The van der Waals surface area contributed by atoms with Crippen molar-refractivity contribution < 1.29 is 33.0 Å². The molecular weight excluding hydrogens is 693 g/mol. The molecule has 1 aliphatic heterocycles. The maximum Gasteiger partial charge on any atom is 0.410 e.